The van der Waals surface area contributed by atoms with Gasteiger partial charge in [0.15, 0.2) is 13.1 Å². The summed E-state index contributed by atoms with van der Waals surface area (Å²) in [5.74, 6) is -0.396. The van der Waals surface area contributed by atoms with Crippen molar-refractivity contribution in [3.05, 3.63) is 41.3 Å². The SMILES string of the molecule is C[NH+](CC(=O)Nc1ccc(N2CCOCC2)cc1)CC(=O)Nc1sccc1C#N. The molecule has 0 radical (unpaired) electrons. The van der Waals surface area contributed by atoms with Crippen LogP contribution in [0.1, 0.15) is 5.56 Å². The van der Waals surface area contributed by atoms with E-state index in [-0.39, 0.29) is 24.9 Å². The lowest BCUT2D eigenvalue weighted by Crippen LogP contribution is -3.11. The second kappa shape index (κ2) is 10.0. The number of benzene rings is 1. The molecular formula is C20H24N5O3S+. The van der Waals surface area contributed by atoms with Crippen LogP contribution in [0.5, 0.6) is 0 Å². The Morgan fingerprint density at radius 2 is 1.79 bits per heavy atom. The molecule has 1 aliphatic heterocycles. The molecule has 1 atom stereocenters. The molecule has 152 valence electrons. The minimum absolute atomic E-state index is 0.131. The highest BCUT2D eigenvalue weighted by molar-refractivity contribution is 7.14. The summed E-state index contributed by atoms with van der Waals surface area (Å²) in [5.41, 5.74) is 2.27. The van der Waals surface area contributed by atoms with Crippen molar-refractivity contribution in [2.45, 2.75) is 0 Å². The minimum atomic E-state index is -0.232. The molecule has 1 aromatic carbocycles. The molecule has 2 amide bonds. The molecular weight excluding hydrogens is 390 g/mol. The highest BCUT2D eigenvalue weighted by Gasteiger charge is 2.16. The van der Waals surface area contributed by atoms with E-state index in [1.165, 1.54) is 11.3 Å². The van der Waals surface area contributed by atoms with Crippen LogP contribution in [0, 0.1) is 11.3 Å². The van der Waals surface area contributed by atoms with Gasteiger partial charge in [-0.15, -0.1) is 11.3 Å². The summed E-state index contributed by atoms with van der Waals surface area (Å²) in [7, 11) is 1.78. The number of carbonyl (C=O) groups is 2. The van der Waals surface area contributed by atoms with Gasteiger partial charge in [0.1, 0.15) is 11.1 Å². The third-order valence-corrected chi connectivity index (χ3v) is 5.32. The number of thiophene rings is 1. The Balaban J connectivity index is 1.44. The molecule has 1 aromatic heterocycles. The van der Waals surface area contributed by atoms with E-state index >= 15 is 0 Å². The second-order valence-corrected chi connectivity index (χ2v) is 7.74. The van der Waals surface area contributed by atoms with Crippen LogP contribution in [0.4, 0.5) is 16.4 Å². The van der Waals surface area contributed by atoms with Crippen LogP contribution in [0.15, 0.2) is 35.7 Å². The number of carbonyl (C=O) groups excluding carboxylic acids is 2. The summed E-state index contributed by atoms with van der Waals surface area (Å²) >= 11 is 1.30. The number of ether oxygens (including phenoxy) is 1. The van der Waals surface area contributed by atoms with E-state index in [1.807, 2.05) is 30.3 Å². The third kappa shape index (κ3) is 6.02. The highest BCUT2D eigenvalue weighted by atomic mass is 32.1. The van der Waals surface area contributed by atoms with Crippen molar-refractivity contribution in [2.75, 3.05) is 62.0 Å². The van der Waals surface area contributed by atoms with Gasteiger partial charge in [-0.05, 0) is 35.7 Å². The summed E-state index contributed by atoms with van der Waals surface area (Å²) < 4.78 is 5.36. The molecule has 1 aliphatic rings. The van der Waals surface area contributed by atoms with Gasteiger partial charge in [0.2, 0.25) is 0 Å². The molecule has 0 aliphatic carbocycles. The maximum absolute atomic E-state index is 12.3. The standard InChI is InChI=1S/C20H23N5O3S/c1-24(14-19(27)23-20-15(12-21)6-11-29-20)13-18(26)22-16-2-4-17(5-3-16)25-7-9-28-10-8-25/h2-6,11H,7-10,13-14H2,1H3,(H,22,26)(H,23,27)/p+1. The fourth-order valence-electron chi connectivity index (χ4n) is 3.06. The molecule has 1 fully saturated rings. The first-order valence-corrected chi connectivity index (χ1v) is 10.2. The number of likely N-dealkylation sites (N-methyl/N-ethyl adjacent to an activating group) is 1. The zero-order valence-corrected chi connectivity index (χ0v) is 17.1. The summed E-state index contributed by atoms with van der Waals surface area (Å²) in [6, 6.07) is 11.4. The van der Waals surface area contributed by atoms with Crippen LogP contribution in [0.2, 0.25) is 0 Å². The number of hydrogen-bond acceptors (Lipinski definition) is 6. The number of hydrogen-bond donors (Lipinski definition) is 3. The van der Waals surface area contributed by atoms with Crippen molar-refractivity contribution in [1.82, 2.24) is 0 Å². The van der Waals surface area contributed by atoms with Gasteiger partial charge in [0.05, 0.1) is 25.8 Å². The first-order chi connectivity index (χ1) is 14.0. The predicted molar refractivity (Wildman–Crippen MR) is 112 cm³/mol. The van der Waals surface area contributed by atoms with E-state index in [2.05, 4.69) is 15.5 Å². The Labute approximate surface area is 173 Å². The maximum Gasteiger partial charge on any atom is 0.280 e. The van der Waals surface area contributed by atoms with Crippen molar-refractivity contribution in [3.63, 3.8) is 0 Å². The van der Waals surface area contributed by atoms with E-state index < -0.39 is 0 Å². The largest absolute Gasteiger partial charge is 0.378 e. The number of anilines is 3. The van der Waals surface area contributed by atoms with Crippen LogP contribution < -0.4 is 20.4 Å². The smallest absolute Gasteiger partial charge is 0.280 e. The van der Waals surface area contributed by atoms with E-state index in [0.717, 1.165) is 42.6 Å². The highest BCUT2D eigenvalue weighted by Crippen LogP contribution is 2.21. The fourth-order valence-corrected chi connectivity index (χ4v) is 3.81. The molecule has 9 heteroatoms. The van der Waals surface area contributed by atoms with Gasteiger partial charge < -0.3 is 25.2 Å². The molecule has 1 unspecified atom stereocenters. The fraction of sp³-hybridized carbons (Fsp3) is 0.350. The molecule has 1 saturated heterocycles. The summed E-state index contributed by atoms with van der Waals surface area (Å²) in [6.07, 6.45) is 0. The second-order valence-electron chi connectivity index (χ2n) is 6.83. The third-order valence-electron chi connectivity index (χ3n) is 4.49. The number of morpholine rings is 1. The summed E-state index contributed by atoms with van der Waals surface area (Å²) in [6.45, 7) is 3.48. The number of rotatable bonds is 7. The lowest BCUT2D eigenvalue weighted by Gasteiger charge is -2.28. The molecule has 3 rings (SSSR count). The number of nitrogens with zero attached hydrogens (tertiary/aromatic N) is 2. The number of nitriles is 1. The van der Waals surface area contributed by atoms with Gasteiger partial charge in [-0.1, -0.05) is 0 Å². The topological polar surface area (TPSA) is 98.9 Å². The Hall–Kier alpha value is -2.93. The van der Waals surface area contributed by atoms with Crippen molar-refractivity contribution in [1.29, 1.82) is 5.26 Å². The lowest BCUT2D eigenvalue weighted by molar-refractivity contribution is -0.862. The number of amides is 2. The van der Waals surface area contributed by atoms with Crippen LogP contribution in [-0.2, 0) is 14.3 Å². The molecule has 0 saturated carbocycles. The van der Waals surface area contributed by atoms with E-state index in [1.54, 1.807) is 18.5 Å². The van der Waals surface area contributed by atoms with Crippen LogP contribution in [0.25, 0.3) is 0 Å². The van der Waals surface area contributed by atoms with Crippen LogP contribution >= 0.6 is 11.3 Å². The summed E-state index contributed by atoms with van der Waals surface area (Å²) in [4.78, 5) is 27.4. The number of nitrogens with one attached hydrogen (secondary N) is 3. The molecule has 8 nitrogen and oxygen atoms in total. The van der Waals surface area contributed by atoms with Crippen LogP contribution in [0.3, 0.4) is 0 Å². The molecule has 0 bridgehead atoms. The van der Waals surface area contributed by atoms with Gasteiger partial charge in [0.25, 0.3) is 11.8 Å². The minimum Gasteiger partial charge on any atom is -0.378 e. The zero-order valence-electron chi connectivity index (χ0n) is 16.2. The lowest BCUT2D eigenvalue weighted by atomic mass is 10.2. The average Bonchev–Trinajstić information content (AvgIpc) is 3.15. The van der Waals surface area contributed by atoms with Crippen LogP contribution in [-0.4, -0.2) is 58.3 Å². The number of quaternary nitrogens is 1. The quantitative estimate of drug-likeness (QED) is 0.615. The van der Waals surface area contributed by atoms with E-state index in [4.69, 9.17) is 10.00 Å². The summed E-state index contributed by atoms with van der Waals surface area (Å²) in [5, 5.41) is 16.9. The van der Waals surface area contributed by atoms with Gasteiger partial charge >= 0.3 is 0 Å². The van der Waals surface area contributed by atoms with Crippen molar-refractivity contribution in [2.24, 2.45) is 0 Å². The van der Waals surface area contributed by atoms with E-state index in [9.17, 15) is 9.59 Å². The first-order valence-electron chi connectivity index (χ1n) is 9.36. The predicted octanol–water partition coefficient (Wildman–Crippen LogP) is 0.548. The van der Waals surface area contributed by atoms with Gasteiger partial charge in [-0.2, -0.15) is 5.26 Å². The molecule has 3 N–H and O–H groups in total. The molecule has 2 aromatic rings. The monoisotopic (exact) mass is 414 g/mol. The molecule has 29 heavy (non-hydrogen) atoms. The normalized spacial score (nSPS) is 14.7. The Morgan fingerprint density at radius 1 is 1.14 bits per heavy atom. The molecule has 2 heterocycles. The van der Waals surface area contributed by atoms with Gasteiger partial charge in [-0.3, -0.25) is 9.59 Å². The van der Waals surface area contributed by atoms with E-state index in [0.29, 0.717) is 10.6 Å². The zero-order chi connectivity index (χ0) is 20.6. The Kier molecular flexibility index (Phi) is 7.19. The Morgan fingerprint density at radius 3 is 2.45 bits per heavy atom. The Bertz CT molecular complexity index is 884. The van der Waals surface area contributed by atoms with Gasteiger partial charge in [0, 0.05) is 24.5 Å². The first kappa shape index (κ1) is 20.8. The van der Waals surface area contributed by atoms with Crippen molar-refractivity contribution >= 4 is 39.5 Å². The maximum atomic E-state index is 12.3. The average molecular weight is 415 g/mol. The molecule has 0 spiro atoms. The van der Waals surface area contributed by atoms with Gasteiger partial charge in [-0.25, -0.2) is 0 Å². The van der Waals surface area contributed by atoms with Crippen molar-refractivity contribution < 1.29 is 19.2 Å². The van der Waals surface area contributed by atoms with Crippen molar-refractivity contribution in [3.8, 4) is 6.07 Å².